The number of nitrogens with two attached hydrogens (primary N) is 1. The van der Waals surface area contributed by atoms with Gasteiger partial charge in [-0.25, -0.2) is 4.39 Å². The summed E-state index contributed by atoms with van der Waals surface area (Å²) >= 11 is 0. The van der Waals surface area contributed by atoms with Crippen LogP contribution in [-0.2, 0) is 10.3 Å². The molecule has 0 spiro atoms. The summed E-state index contributed by atoms with van der Waals surface area (Å²) in [5.74, 6) is -0.183. The number of hydrogen-bond donors (Lipinski definition) is 1. The van der Waals surface area contributed by atoms with Crippen molar-refractivity contribution in [2.75, 3.05) is 20.8 Å². The summed E-state index contributed by atoms with van der Waals surface area (Å²) in [6.45, 7) is 2.27. The van der Waals surface area contributed by atoms with Crippen LogP contribution in [0, 0.1) is 5.82 Å². The Balaban J connectivity index is 3.02. The molecule has 0 amide bonds. The van der Waals surface area contributed by atoms with Gasteiger partial charge in [-0.2, -0.15) is 0 Å². The molecular weight excluding hydrogens is 209 g/mol. The molecule has 3 nitrogen and oxygen atoms in total. The fraction of sp³-hybridized carbons (Fsp3) is 0.500. The molecule has 1 aromatic carbocycles. The summed E-state index contributed by atoms with van der Waals surface area (Å²) in [7, 11) is 3.03. The quantitative estimate of drug-likeness (QED) is 0.837. The lowest BCUT2D eigenvalue weighted by atomic mass is 9.89. The lowest BCUT2D eigenvalue weighted by Gasteiger charge is -2.25. The Hall–Kier alpha value is -1.13. The van der Waals surface area contributed by atoms with E-state index in [9.17, 15) is 4.39 Å². The van der Waals surface area contributed by atoms with Crippen LogP contribution in [0.15, 0.2) is 18.2 Å². The average molecular weight is 227 g/mol. The van der Waals surface area contributed by atoms with Crippen molar-refractivity contribution in [3.63, 3.8) is 0 Å². The molecule has 4 heteroatoms. The van der Waals surface area contributed by atoms with Crippen molar-refractivity contribution in [1.82, 2.24) is 0 Å². The Morgan fingerprint density at radius 1 is 1.38 bits per heavy atom. The van der Waals surface area contributed by atoms with Gasteiger partial charge in [-0.3, -0.25) is 0 Å². The van der Waals surface area contributed by atoms with Gasteiger partial charge in [0.05, 0.1) is 7.11 Å². The third kappa shape index (κ3) is 2.71. The van der Waals surface area contributed by atoms with E-state index in [1.165, 1.54) is 7.11 Å². The molecule has 0 bridgehead atoms. The molecule has 1 rings (SSSR count). The van der Waals surface area contributed by atoms with Gasteiger partial charge in [0.2, 0.25) is 0 Å². The molecule has 0 saturated heterocycles. The van der Waals surface area contributed by atoms with Crippen LogP contribution < -0.4 is 10.5 Å². The summed E-state index contributed by atoms with van der Waals surface area (Å²) < 4.78 is 23.8. The molecular formula is C12H18FNO2. The first-order valence-electron chi connectivity index (χ1n) is 5.13. The van der Waals surface area contributed by atoms with Crippen LogP contribution in [0.25, 0.3) is 0 Å². The highest BCUT2D eigenvalue weighted by Gasteiger charge is 2.26. The van der Waals surface area contributed by atoms with Gasteiger partial charge in [0.1, 0.15) is 0 Å². The smallest absolute Gasteiger partial charge is 0.170 e. The normalized spacial score (nSPS) is 14.6. The average Bonchev–Trinajstić information content (AvgIpc) is 2.26. The minimum absolute atomic E-state index is 0.214. The van der Waals surface area contributed by atoms with E-state index in [0.717, 1.165) is 0 Å². The maximum Gasteiger partial charge on any atom is 0.170 e. The van der Waals surface area contributed by atoms with E-state index in [4.69, 9.17) is 15.2 Å². The molecule has 0 aliphatic heterocycles. The van der Waals surface area contributed by atoms with Crippen molar-refractivity contribution in [2.45, 2.75) is 18.9 Å². The first-order valence-corrected chi connectivity index (χ1v) is 5.13. The van der Waals surface area contributed by atoms with Crippen LogP contribution in [-0.4, -0.2) is 20.8 Å². The maximum absolute atomic E-state index is 14.0. The van der Waals surface area contributed by atoms with Crippen molar-refractivity contribution < 1.29 is 13.9 Å². The molecule has 90 valence electrons. The first kappa shape index (κ1) is 12.9. The van der Waals surface area contributed by atoms with E-state index in [2.05, 4.69) is 0 Å². The number of ether oxygens (including phenoxy) is 2. The van der Waals surface area contributed by atoms with Crippen LogP contribution in [0.5, 0.6) is 5.75 Å². The Bertz CT molecular complexity index is 353. The highest BCUT2D eigenvalue weighted by Crippen LogP contribution is 2.29. The van der Waals surface area contributed by atoms with Crippen LogP contribution in [0.3, 0.4) is 0 Å². The number of rotatable bonds is 5. The van der Waals surface area contributed by atoms with E-state index in [-0.39, 0.29) is 5.75 Å². The largest absolute Gasteiger partial charge is 0.494 e. The standard InChI is InChI=1S/C12H18FNO2/c1-12(14,7-8-15-2)9-5-4-6-10(16-3)11(9)13/h4-6H,7-8,14H2,1-3H3. The molecule has 0 radical (unpaired) electrons. The number of methoxy groups -OCH3 is 2. The van der Waals surface area contributed by atoms with E-state index in [1.54, 1.807) is 32.2 Å². The summed E-state index contributed by atoms with van der Waals surface area (Å²) in [5.41, 5.74) is 5.77. The maximum atomic E-state index is 14.0. The molecule has 0 fully saturated rings. The highest BCUT2D eigenvalue weighted by molar-refractivity contribution is 5.35. The van der Waals surface area contributed by atoms with Gasteiger partial charge in [0.25, 0.3) is 0 Å². The zero-order valence-corrected chi connectivity index (χ0v) is 9.92. The van der Waals surface area contributed by atoms with Gasteiger partial charge in [-0.05, 0) is 19.4 Å². The van der Waals surface area contributed by atoms with Crippen molar-refractivity contribution >= 4 is 0 Å². The fourth-order valence-electron chi connectivity index (χ4n) is 1.56. The minimum atomic E-state index is -0.755. The Morgan fingerprint density at radius 2 is 2.06 bits per heavy atom. The second kappa shape index (κ2) is 5.27. The lowest BCUT2D eigenvalue weighted by Crippen LogP contribution is -2.35. The van der Waals surface area contributed by atoms with Crippen LogP contribution >= 0.6 is 0 Å². The second-order valence-electron chi connectivity index (χ2n) is 3.98. The van der Waals surface area contributed by atoms with Crippen LogP contribution in [0.4, 0.5) is 4.39 Å². The molecule has 1 aromatic rings. The first-order chi connectivity index (χ1) is 7.53. The molecule has 0 aliphatic carbocycles. The van der Waals surface area contributed by atoms with Gasteiger partial charge in [0, 0.05) is 24.8 Å². The Morgan fingerprint density at radius 3 is 2.62 bits per heavy atom. The second-order valence-corrected chi connectivity index (χ2v) is 3.98. The van der Waals surface area contributed by atoms with Crippen molar-refractivity contribution in [2.24, 2.45) is 5.73 Å². The third-order valence-electron chi connectivity index (χ3n) is 2.62. The molecule has 0 aliphatic rings. The molecule has 0 aromatic heterocycles. The molecule has 0 saturated carbocycles. The fourth-order valence-corrected chi connectivity index (χ4v) is 1.56. The highest BCUT2D eigenvalue weighted by atomic mass is 19.1. The zero-order chi connectivity index (χ0) is 12.2. The minimum Gasteiger partial charge on any atom is -0.494 e. The lowest BCUT2D eigenvalue weighted by molar-refractivity contribution is 0.170. The van der Waals surface area contributed by atoms with Crippen LogP contribution in [0.2, 0.25) is 0 Å². The SMILES string of the molecule is COCCC(C)(N)c1cccc(OC)c1F. The molecule has 1 atom stereocenters. The number of hydrogen-bond acceptors (Lipinski definition) is 3. The van der Waals surface area contributed by atoms with Gasteiger partial charge >= 0.3 is 0 Å². The summed E-state index contributed by atoms with van der Waals surface area (Å²) in [6, 6.07) is 4.98. The van der Waals surface area contributed by atoms with Crippen molar-refractivity contribution in [1.29, 1.82) is 0 Å². The Kier molecular flexibility index (Phi) is 4.26. The van der Waals surface area contributed by atoms with Crippen LogP contribution in [0.1, 0.15) is 18.9 Å². The molecule has 1 unspecified atom stereocenters. The van der Waals surface area contributed by atoms with Crippen molar-refractivity contribution in [3.05, 3.63) is 29.6 Å². The zero-order valence-electron chi connectivity index (χ0n) is 9.92. The predicted octanol–water partition coefficient (Wildman–Crippen LogP) is 2.04. The van der Waals surface area contributed by atoms with Gasteiger partial charge in [0.15, 0.2) is 11.6 Å². The third-order valence-corrected chi connectivity index (χ3v) is 2.62. The van der Waals surface area contributed by atoms with Gasteiger partial charge in [-0.1, -0.05) is 12.1 Å². The number of benzene rings is 1. The predicted molar refractivity (Wildman–Crippen MR) is 61.0 cm³/mol. The molecule has 2 N–H and O–H groups in total. The van der Waals surface area contributed by atoms with E-state index in [0.29, 0.717) is 18.6 Å². The summed E-state index contributed by atoms with van der Waals surface area (Å²) in [6.07, 6.45) is 0.549. The number of halogens is 1. The van der Waals surface area contributed by atoms with Gasteiger partial charge in [-0.15, -0.1) is 0 Å². The van der Waals surface area contributed by atoms with Gasteiger partial charge < -0.3 is 15.2 Å². The van der Waals surface area contributed by atoms with Crippen molar-refractivity contribution in [3.8, 4) is 5.75 Å². The topological polar surface area (TPSA) is 44.5 Å². The van der Waals surface area contributed by atoms with E-state index < -0.39 is 11.4 Å². The Labute approximate surface area is 95.4 Å². The molecule has 0 heterocycles. The molecule has 16 heavy (non-hydrogen) atoms. The van der Waals surface area contributed by atoms with E-state index in [1.807, 2.05) is 0 Å². The van der Waals surface area contributed by atoms with E-state index >= 15 is 0 Å². The summed E-state index contributed by atoms with van der Waals surface area (Å²) in [4.78, 5) is 0. The summed E-state index contributed by atoms with van der Waals surface area (Å²) in [5, 5.41) is 0. The monoisotopic (exact) mass is 227 g/mol.